The van der Waals surface area contributed by atoms with Crippen molar-refractivity contribution < 1.29 is 0 Å². The van der Waals surface area contributed by atoms with Crippen LogP contribution in [0.2, 0.25) is 0 Å². The zero-order valence-electron chi connectivity index (χ0n) is 6.67. The van der Waals surface area contributed by atoms with Crippen molar-refractivity contribution in [1.29, 1.82) is 5.26 Å². The normalized spacial score (nSPS) is 12.4. The largest absolute Gasteiger partial charge is 0.297 e. The maximum Gasteiger partial charge on any atom is 0.0927 e. The summed E-state index contributed by atoms with van der Waals surface area (Å²) in [6.07, 6.45) is 0. The molecule has 0 aliphatic rings. The third-order valence-electron chi connectivity index (χ3n) is 1.40. The van der Waals surface area contributed by atoms with Crippen LogP contribution in [0.15, 0.2) is 15.9 Å². The number of halogens is 1. The molecule has 0 fully saturated rings. The van der Waals surface area contributed by atoms with Crippen molar-refractivity contribution in [3.05, 3.63) is 20.8 Å². The van der Waals surface area contributed by atoms with E-state index in [1.54, 1.807) is 11.3 Å². The molecule has 0 amide bonds. The molecule has 0 saturated heterocycles. The number of thiophene rings is 1. The zero-order chi connectivity index (χ0) is 8.97. The third-order valence-corrected chi connectivity index (χ3v) is 3.03. The molecule has 1 atom stereocenters. The van der Waals surface area contributed by atoms with Crippen molar-refractivity contribution in [3.8, 4) is 6.07 Å². The van der Waals surface area contributed by atoms with Gasteiger partial charge in [0, 0.05) is 11.4 Å². The Kier molecular flexibility index (Phi) is 3.73. The zero-order valence-corrected chi connectivity index (χ0v) is 9.08. The second kappa shape index (κ2) is 4.61. The van der Waals surface area contributed by atoms with Gasteiger partial charge in [-0.2, -0.15) is 5.26 Å². The molecule has 1 heterocycles. The Balaban J connectivity index is 2.39. The maximum atomic E-state index is 8.50. The highest BCUT2D eigenvalue weighted by Gasteiger charge is 2.00. The molecule has 1 unspecified atom stereocenters. The van der Waals surface area contributed by atoms with E-state index in [0.29, 0.717) is 0 Å². The summed E-state index contributed by atoms with van der Waals surface area (Å²) in [7, 11) is 0. The van der Waals surface area contributed by atoms with E-state index >= 15 is 0 Å². The van der Waals surface area contributed by atoms with E-state index in [-0.39, 0.29) is 6.04 Å². The van der Waals surface area contributed by atoms with E-state index in [4.69, 9.17) is 5.26 Å². The van der Waals surface area contributed by atoms with Crippen LogP contribution in [-0.2, 0) is 6.54 Å². The van der Waals surface area contributed by atoms with Crippen molar-refractivity contribution in [3.63, 3.8) is 0 Å². The quantitative estimate of drug-likeness (QED) is 0.888. The topological polar surface area (TPSA) is 35.8 Å². The van der Waals surface area contributed by atoms with Gasteiger partial charge >= 0.3 is 0 Å². The fourth-order valence-corrected chi connectivity index (χ4v) is 2.18. The van der Waals surface area contributed by atoms with E-state index in [9.17, 15) is 0 Å². The molecule has 0 aromatic carbocycles. The van der Waals surface area contributed by atoms with Crippen LogP contribution >= 0.6 is 27.3 Å². The molecule has 1 rings (SSSR count). The van der Waals surface area contributed by atoms with Crippen LogP contribution in [0.4, 0.5) is 0 Å². The van der Waals surface area contributed by atoms with E-state index in [2.05, 4.69) is 27.3 Å². The molecule has 0 saturated carbocycles. The fourth-order valence-electron chi connectivity index (χ4n) is 0.746. The van der Waals surface area contributed by atoms with Gasteiger partial charge in [-0.15, -0.1) is 11.3 Å². The number of hydrogen-bond acceptors (Lipinski definition) is 3. The number of nitriles is 1. The minimum absolute atomic E-state index is 0.0779. The summed E-state index contributed by atoms with van der Waals surface area (Å²) in [5.41, 5.74) is 0. The fraction of sp³-hybridized carbons (Fsp3) is 0.375. The van der Waals surface area contributed by atoms with Crippen LogP contribution in [0.5, 0.6) is 0 Å². The lowest BCUT2D eigenvalue weighted by molar-refractivity contribution is 0.648. The van der Waals surface area contributed by atoms with E-state index in [0.717, 1.165) is 10.3 Å². The Hall–Kier alpha value is -0.370. The Morgan fingerprint density at radius 3 is 3.00 bits per heavy atom. The molecule has 0 aliphatic carbocycles. The third kappa shape index (κ3) is 2.94. The summed E-state index contributed by atoms with van der Waals surface area (Å²) in [5, 5.41) is 11.6. The van der Waals surface area contributed by atoms with Crippen molar-refractivity contribution in [2.45, 2.75) is 19.5 Å². The highest BCUT2D eigenvalue weighted by Crippen LogP contribution is 2.21. The van der Waals surface area contributed by atoms with Crippen molar-refractivity contribution >= 4 is 27.3 Å². The van der Waals surface area contributed by atoms with Gasteiger partial charge in [0.1, 0.15) is 0 Å². The Morgan fingerprint density at radius 2 is 2.50 bits per heavy atom. The molecule has 0 spiro atoms. The van der Waals surface area contributed by atoms with Crippen LogP contribution in [0.3, 0.4) is 0 Å². The molecular formula is C8H9BrN2S. The van der Waals surface area contributed by atoms with Crippen molar-refractivity contribution in [2.75, 3.05) is 0 Å². The minimum atomic E-state index is -0.0779. The van der Waals surface area contributed by atoms with Gasteiger partial charge in [-0.25, -0.2) is 0 Å². The number of nitrogens with zero attached hydrogens (tertiary/aromatic N) is 1. The first kappa shape index (κ1) is 9.72. The summed E-state index contributed by atoms with van der Waals surface area (Å²) in [5.74, 6) is 0. The minimum Gasteiger partial charge on any atom is -0.297 e. The van der Waals surface area contributed by atoms with Gasteiger partial charge in [-0.05, 0) is 35.0 Å². The van der Waals surface area contributed by atoms with E-state index in [1.807, 2.05) is 19.1 Å². The first-order valence-electron chi connectivity index (χ1n) is 3.59. The number of nitrogens with one attached hydrogen (secondary N) is 1. The van der Waals surface area contributed by atoms with Crippen molar-refractivity contribution in [1.82, 2.24) is 5.32 Å². The van der Waals surface area contributed by atoms with Crippen LogP contribution in [-0.4, -0.2) is 6.04 Å². The lowest BCUT2D eigenvalue weighted by atomic mass is 10.3. The summed E-state index contributed by atoms with van der Waals surface area (Å²) < 4.78 is 1.13. The molecule has 0 aliphatic heterocycles. The van der Waals surface area contributed by atoms with Crippen LogP contribution < -0.4 is 5.32 Å². The second-order valence-corrected chi connectivity index (χ2v) is 4.99. The van der Waals surface area contributed by atoms with Crippen LogP contribution in [0.1, 0.15) is 11.8 Å². The predicted molar refractivity (Wildman–Crippen MR) is 53.9 cm³/mol. The number of rotatable bonds is 3. The van der Waals surface area contributed by atoms with Gasteiger partial charge in [0.15, 0.2) is 0 Å². The SMILES string of the molecule is CC(C#N)NCc1ccc(Br)s1. The van der Waals surface area contributed by atoms with E-state index < -0.39 is 0 Å². The second-order valence-electron chi connectivity index (χ2n) is 2.44. The van der Waals surface area contributed by atoms with E-state index in [1.165, 1.54) is 4.88 Å². The summed E-state index contributed by atoms with van der Waals surface area (Å²) >= 11 is 5.07. The highest BCUT2D eigenvalue weighted by molar-refractivity contribution is 9.11. The molecule has 12 heavy (non-hydrogen) atoms. The van der Waals surface area contributed by atoms with Gasteiger partial charge in [0.05, 0.1) is 15.9 Å². The molecular weight excluding hydrogens is 236 g/mol. The molecule has 1 aromatic rings. The lowest BCUT2D eigenvalue weighted by Gasteiger charge is -2.02. The Labute approximate surface area is 84.3 Å². The molecule has 1 aromatic heterocycles. The van der Waals surface area contributed by atoms with Crippen molar-refractivity contribution in [2.24, 2.45) is 0 Å². The lowest BCUT2D eigenvalue weighted by Crippen LogP contribution is -2.22. The molecule has 0 bridgehead atoms. The molecule has 2 nitrogen and oxygen atoms in total. The summed E-state index contributed by atoms with van der Waals surface area (Å²) in [4.78, 5) is 1.24. The first-order chi connectivity index (χ1) is 5.72. The first-order valence-corrected chi connectivity index (χ1v) is 5.20. The Bertz CT molecular complexity index is 289. The van der Waals surface area contributed by atoms with Gasteiger partial charge in [-0.1, -0.05) is 0 Å². The standard InChI is InChI=1S/C8H9BrN2S/c1-6(4-10)11-5-7-2-3-8(9)12-7/h2-3,6,11H,5H2,1H3. The predicted octanol–water partition coefficient (Wildman–Crippen LogP) is 2.51. The van der Waals surface area contributed by atoms with Gasteiger partial charge < -0.3 is 0 Å². The Morgan fingerprint density at radius 1 is 1.75 bits per heavy atom. The molecule has 1 N–H and O–H groups in total. The van der Waals surface area contributed by atoms with Crippen LogP contribution in [0.25, 0.3) is 0 Å². The molecule has 4 heteroatoms. The van der Waals surface area contributed by atoms with Crippen LogP contribution in [0, 0.1) is 11.3 Å². The smallest absolute Gasteiger partial charge is 0.0927 e. The number of hydrogen-bond donors (Lipinski definition) is 1. The highest BCUT2D eigenvalue weighted by atomic mass is 79.9. The molecule has 0 radical (unpaired) electrons. The van der Waals surface area contributed by atoms with Gasteiger partial charge in [0.25, 0.3) is 0 Å². The average molecular weight is 245 g/mol. The summed E-state index contributed by atoms with van der Waals surface area (Å²) in [6, 6.07) is 6.11. The maximum absolute atomic E-state index is 8.50. The van der Waals surface area contributed by atoms with Gasteiger partial charge in [-0.3, -0.25) is 5.32 Å². The average Bonchev–Trinajstić information content (AvgIpc) is 2.47. The van der Waals surface area contributed by atoms with Gasteiger partial charge in [0.2, 0.25) is 0 Å². The molecule has 64 valence electrons. The summed E-state index contributed by atoms with van der Waals surface area (Å²) in [6.45, 7) is 2.62. The monoisotopic (exact) mass is 244 g/mol.